The summed E-state index contributed by atoms with van der Waals surface area (Å²) in [6.07, 6.45) is 1.11. The smallest absolute Gasteiger partial charge is 0.0682 e. The van der Waals surface area contributed by atoms with E-state index in [1.54, 1.807) is 0 Å². The minimum atomic E-state index is 0.0884. The minimum Gasteiger partial charge on any atom is -0.392 e. The van der Waals surface area contributed by atoms with E-state index in [4.69, 9.17) is 0 Å². The van der Waals surface area contributed by atoms with Gasteiger partial charge in [-0.3, -0.25) is 0 Å². The quantitative estimate of drug-likeness (QED) is 0.909. The number of fused-ring (bicyclic) bond motifs is 2. The molecule has 0 aromatic heterocycles. The number of hydrogen-bond acceptors (Lipinski definition) is 4. The second kappa shape index (κ2) is 6.73. The van der Waals surface area contributed by atoms with Crippen LogP contribution in [0.4, 0.5) is 11.4 Å². The molecule has 3 nitrogen and oxygen atoms in total. The molecule has 1 heterocycles. The van der Waals surface area contributed by atoms with Crippen molar-refractivity contribution < 1.29 is 5.11 Å². The molecule has 0 amide bonds. The third-order valence-corrected chi connectivity index (χ3v) is 4.99. The van der Waals surface area contributed by atoms with E-state index in [9.17, 15) is 5.11 Å². The predicted molar refractivity (Wildman–Crippen MR) is 93.1 cm³/mol. The van der Waals surface area contributed by atoms with Gasteiger partial charge in [0.1, 0.15) is 0 Å². The first-order valence-corrected chi connectivity index (χ1v) is 8.43. The molecule has 0 saturated heterocycles. The van der Waals surface area contributed by atoms with E-state index in [1.165, 1.54) is 21.2 Å². The van der Waals surface area contributed by atoms with Crippen molar-refractivity contribution in [1.29, 1.82) is 0 Å². The summed E-state index contributed by atoms with van der Waals surface area (Å²) in [6.45, 7) is 2.14. The second-order valence-electron chi connectivity index (χ2n) is 5.84. The first kappa shape index (κ1) is 15.4. The van der Waals surface area contributed by atoms with E-state index in [-0.39, 0.29) is 6.61 Å². The Morgan fingerprint density at radius 2 is 1.82 bits per heavy atom. The second-order valence-corrected chi connectivity index (χ2v) is 6.92. The van der Waals surface area contributed by atoms with Crippen molar-refractivity contribution in [2.45, 2.75) is 22.8 Å². The van der Waals surface area contributed by atoms with Crippen LogP contribution in [-0.2, 0) is 6.61 Å². The van der Waals surface area contributed by atoms with Gasteiger partial charge in [0, 0.05) is 16.3 Å². The Hall–Kier alpha value is -1.49. The maximum absolute atomic E-state index is 9.44. The van der Waals surface area contributed by atoms with Crippen molar-refractivity contribution >= 4 is 23.1 Å². The number of aliphatic hydroxyl groups is 1. The SMILES string of the molecule is CN(C)CCCN1c2ccccc2Sc2ccc(CO)cc21. The highest BCUT2D eigenvalue weighted by Crippen LogP contribution is 2.48. The topological polar surface area (TPSA) is 26.7 Å². The summed E-state index contributed by atoms with van der Waals surface area (Å²) in [4.78, 5) is 7.18. The number of para-hydroxylation sites is 1. The summed E-state index contributed by atoms with van der Waals surface area (Å²) in [6, 6.07) is 14.8. The molecular formula is C18H22N2OS. The predicted octanol–water partition coefficient (Wildman–Crippen LogP) is 3.73. The van der Waals surface area contributed by atoms with E-state index in [2.05, 4.69) is 60.3 Å². The normalized spacial score (nSPS) is 13.2. The lowest BCUT2D eigenvalue weighted by Crippen LogP contribution is -2.25. The van der Waals surface area contributed by atoms with Crippen LogP contribution in [0.25, 0.3) is 0 Å². The van der Waals surface area contributed by atoms with E-state index in [0.29, 0.717) is 0 Å². The number of aliphatic hydroxyl groups excluding tert-OH is 1. The molecule has 1 aliphatic heterocycles. The largest absolute Gasteiger partial charge is 0.392 e. The van der Waals surface area contributed by atoms with Gasteiger partial charge in [-0.05, 0) is 56.9 Å². The van der Waals surface area contributed by atoms with Crippen molar-refractivity contribution in [2.75, 3.05) is 32.1 Å². The van der Waals surface area contributed by atoms with Gasteiger partial charge < -0.3 is 14.9 Å². The summed E-state index contributed by atoms with van der Waals surface area (Å²) < 4.78 is 0. The molecule has 0 bridgehead atoms. The van der Waals surface area contributed by atoms with E-state index in [0.717, 1.165) is 25.1 Å². The molecule has 1 N–H and O–H groups in total. The van der Waals surface area contributed by atoms with Gasteiger partial charge in [0.2, 0.25) is 0 Å². The minimum absolute atomic E-state index is 0.0884. The molecule has 2 aromatic carbocycles. The monoisotopic (exact) mass is 314 g/mol. The summed E-state index contributed by atoms with van der Waals surface area (Å²) in [5, 5.41) is 9.44. The van der Waals surface area contributed by atoms with Crippen molar-refractivity contribution in [3.05, 3.63) is 48.0 Å². The van der Waals surface area contributed by atoms with Gasteiger partial charge in [-0.1, -0.05) is 30.0 Å². The summed E-state index contributed by atoms with van der Waals surface area (Å²) >= 11 is 1.81. The van der Waals surface area contributed by atoms with Crippen molar-refractivity contribution in [3.8, 4) is 0 Å². The van der Waals surface area contributed by atoms with Crippen molar-refractivity contribution in [3.63, 3.8) is 0 Å². The third-order valence-electron chi connectivity index (χ3n) is 3.86. The molecule has 0 aliphatic carbocycles. The lowest BCUT2D eigenvalue weighted by molar-refractivity contribution is 0.282. The van der Waals surface area contributed by atoms with Gasteiger partial charge in [-0.2, -0.15) is 0 Å². The molecule has 2 aromatic rings. The summed E-state index contributed by atoms with van der Waals surface area (Å²) in [5.74, 6) is 0. The molecule has 116 valence electrons. The molecule has 0 atom stereocenters. The Kier molecular flexibility index (Phi) is 4.71. The van der Waals surface area contributed by atoms with Crippen molar-refractivity contribution in [1.82, 2.24) is 4.90 Å². The fourth-order valence-corrected chi connectivity index (χ4v) is 3.84. The van der Waals surface area contributed by atoms with Crippen LogP contribution < -0.4 is 4.90 Å². The molecule has 0 radical (unpaired) electrons. The van der Waals surface area contributed by atoms with Crippen LogP contribution in [0.15, 0.2) is 52.3 Å². The van der Waals surface area contributed by atoms with Crippen LogP contribution in [0.2, 0.25) is 0 Å². The van der Waals surface area contributed by atoms with E-state index >= 15 is 0 Å². The average molecular weight is 314 g/mol. The number of hydrogen-bond donors (Lipinski definition) is 1. The molecule has 0 fully saturated rings. The average Bonchev–Trinajstić information content (AvgIpc) is 2.53. The zero-order chi connectivity index (χ0) is 15.5. The van der Waals surface area contributed by atoms with Crippen LogP contribution in [0, 0.1) is 0 Å². The van der Waals surface area contributed by atoms with Crippen molar-refractivity contribution in [2.24, 2.45) is 0 Å². The highest BCUT2D eigenvalue weighted by atomic mass is 32.2. The van der Waals surface area contributed by atoms with Gasteiger partial charge >= 0.3 is 0 Å². The standard InChI is InChI=1S/C18H22N2OS/c1-19(2)10-5-11-20-15-6-3-4-7-17(15)22-18-9-8-14(13-21)12-16(18)20/h3-4,6-9,12,21H,5,10-11,13H2,1-2H3. The molecule has 1 aliphatic rings. The molecule has 4 heteroatoms. The fraction of sp³-hybridized carbons (Fsp3) is 0.333. The molecule has 0 spiro atoms. The van der Waals surface area contributed by atoms with Gasteiger partial charge in [0.15, 0.2) is 0 Å². The number of benzene rings is 2. The molecule has 3 rings (SSSR count). The Bertz CT molecular complexity index is 657. The van der Waals surface area contributed by atoms with Gasteiger partial charge in [0.25, 0.3) is 0 Å². The number of nitrogens with zero attached hydrogens (tertiary/aromatic N) is 2. The first-order valence-electron chi connectivity index (χ1n) is 7.62. The number of rotatable bonds is 5. The zero-order valence-corrected chi connectivity index (χ0v) is 13.9. The highest BCUT2D eigenvalue weighted by Gasteiger charge is 2.23. The van der Waals surface area contributed by atoms with Gasteiger partial charge in [0.05, 0.1) is 18.0 Å². The fourth-order valence-electron chi connectivity index (χ4n) is 2.76. The molecule has 0 saturated carbocycles. The maximum Gasteiger partial charge on any atom is 0.0682 e. The first-order chi connectivity index (χ1) is 10.7. The third kappa shape index (κ3) is 3.14. The molecule has 0 unspecified atom stereocenters. The zero-order valence-electron chi connectivity index (χ0n) is 13.1. The van der Waals surface area contributed by atoms with Crippen LogP contribution in [0.1, 0.15) is 12.0 Å². The van der Waals surface area contributed by atoms with Gasteiger partial charge in [-0.25, -0.2) is 0 Å². The molecule has 22 heavy (non-hydrogen) atoms. The Morgan fingerprint density at radius 3 is 2.59 bits per heavy atom. The van der Waals surface area contributed by atoms with Gasteiger partial charge in [-0.15, -0.1) is 0 Å². The maximum atomic E-state index is 9.44. The Labute approximate surface area is 136 Å². The summed E-state index contributed by atoms with van der Waals surface area (Å²) in [5.41, 5.74) is 3.46. The summed E-state index contributed by atoms with van der Waals surface area (Å²) in [7, 11) is 4.22. The Morgan fingerprint density at radius 1 is 1.05 bits per heavy atom. The number of anilines is 2. The molecular weight excluding hydrogens is 292 g/mol. The van der Waals surface area contributed by atoms with Crippen LogP contribution in [0.3, 0.4) is 0 Å². The highest BCUT2D eigenvalue weighted by molar-refractivity contribution is 7.99. The van der Waals surface area contributed by atoms with Crippen LogP contribution >= 0.6 is 11.8 Å². The lowest BCUT2D eigenvalue weighted by atomic mass is 10.1. The van der Waals surface area contributed by atoms with Crippen LogP contribution in [-0.4, -0.2) is 37.2 Å². The Balaban J connectivity index is 1.95. The van der Waals surface area contributed by atoms with E-state index in [1.807, 2.05) is 17.8 Å². The lowest BCUT2D eigenvalue weighted by Gasteiger charge is -2.33. The van der Waals surface area contributed by atoms with Crippen LogP contribution in [0.5, 0.6) is 0 Å². The van der Waals surface area contributed by atoms with E-state index < -0.39 is 0 Å².